The van der Waals surface area contributed by atoms with Gasteiger partial charge in [0.2, 0.25) is 5.91 Å². The Hall–Kier alpha value is -1.50. The largest absolute Gasteiger partial charge is 0.376 e. The third-order valence-electron chi connectivity index (χ3n) is 3.89. The Kier molecular flexibility index (Phi) is 4.19. The van der Waals surface area contributed by atoms with Gasteiger partial charge in [0.25, 0.3) is 6.43 Å². The van der Waals surface area contributed by atoms with Gasteiger partial charge in [-0.25, -0.2) is 8.78 Å². The number of amides is 1. The summed E-state index contributed by atoms with van der Waals surface area (Å²) >= 11 is 0. The second-order valence-corrected chi connectivity index (χ2v) is 5.67. The molecule has 1 aromatic rings. The highest BCUT2D eigenvalue weighted by molar-refractivity contribution is 5.75. The molecule has 1 saturated carbocycles. The fourth-order valence-corrected chi connectivity index (χ4v) is 2.56. The van der Waals surface area contributed by atoms with Gasteiger partial charge in [0.1, 0.15) is 12.2 Å². The van der Waals surface area contributed by atoms with Crippen LogP contribution in [0.1, 0.15) is 49.4 Å². The van der Waals surface area contributed by atoms with E-state index in [1.807, 2.05) is 0 Å². The van der Waals surface area contributed by atoms with E-state index in [1.165, 1.54) is 6.07 Å². The van der Waals surface area contributed by atoms with Gasteiger partial charge < -0.3 is 10.1 Å². The monoisotopic (exact) mass is 299 g/mol. The molecule has 1 aliphatic heterocycles. The Morgan fingerprint density at radius 2 is 2.29 bits per heavy atom. The van der Waals surface area contributed by atoms with E-state index < -0.39 is 6.43 Å². The van der Waals surface area contributed by atoms with E-state index in [1.54, 1.807) is 0 Å². The fraction of sp³-hybridized carbons (Fsp3) is 0.714. The lowest BCUT2D eigenvalue weighted by Gasteiger charge is -2.11. The van der Waals surface area contributed by atoms with E-state index in [0.29, 0.717) is 18.2 Å². The van der Waals surface area contributed by atoms with Crippen LogP contribution in [0.15, 0.2) is 6.07 Å². The molecule has 7 heteroatoms. The number of halogens is 2. The third kappa shape index (κ3) is 3.58. The highest BCUT2D eigenvalue weighted by Gasteiger charge is 2.29. The maximum atomic E-state index is 13.0. The van der Waals surface area contributed by atoms with Gasteiger partial charge in [-0.2, -0.15) is 5.10 Å². The van der Waals surface area contributed by atoms with Gasteiger partial charge in [-0.3, -0.25) is 9.48 Å². The number of ether oxygens (including phenoxy) is 1. The van der Waals surface area contributed by atoms with Gasteiger partial charge in [0.05, 0.1) is 11.8 Å². The minimum atomic E-state index is -2.61. The minimum Gasteiger partial charge on any atom is -0.376 e. The van der Waals surface area contributed by atoms with Crippen LogP contribution in [0.5, 0.6) is 0 Å². The van der Waals surface area contributed by atoms with Crippen LogP contribution in [-0.2, 0) is 16.1 Å². The van der Waals surface area contributed by atoms with Crippen molar-refractivity contribution in [2.75, 3.05) is 13.2 Å². The molecule has 0 bridgehead atoms. The molecular weight excluding hydrogens is 280 g/mol. The number of alkyl halides is 2. The Balaban J connectivity index is 1.58. The van der Waals surface area contributed by atoms with E-state index in [0.717, 1.165) is 37.0 Å². The van der Waals surface area contributed by atoms with Gasteiger partial charge in [-0.1, -0.05) is 0 Å². The van der Waals surface area contributed by atoms with Gasteiger partial charge in [0.15, 0.2) is 0 Å². The maximum absolute atomic E-state index is 13.0. The summed E-state index contributed by atoms with van der Waals surface area (Å²) in [6, 6.07) is 1.43. The topological polar surface area (TPSA) is 56.2 Å². The van der Waals surface area contributed by atoms with Gasteiger partial charge in [-0.15, -0.1) is 0 Å². The lowest BCUT2D eigenvalue weighted by Crippen LogP contribution is -2.34. The van der Waals surface area contributed by atoms with E-state index >= 15 is 0 Å². The Labute approximate surface area is 121 Å². The molecule has 1 aliphatic carbocycles. The second-order valence-electron chi connectivity index (χ2n) is 5.67. The highest BCUT2D eigenvalue weighted by Crippen LogP contribution is 2.40. The molecule has 2 heterocycles. The summed E-state index contributed by atoms with van der Waals surface area (Å²) in [5.41, 5.74) is 0.501. The summed E-state index contributed by atoms with van der Waals surface area (Å²) in [7, 11) is 0. The lowest BCUT2D eigenvalue weighted by molar-refractivity contribution is -0.122. The first kappa shape index (κ1) is 14.4. The first-order chi connectivity index (χ1) is 10.1. The number of rotatable bonds is 6. The highest BCUT2D eigenvalue weighted by atomic mass is 19.3. The summed E-state index contributed by atoms with van der Waals surface area (Å²) in [6.45, 7) is 0.985. The summed E-state index contributed by atoms with van der Waals surface area (Å²) in [5.74, 6) is -0.0171. The molecule has 1 aromatic heterocycles. The maximum Gasteiger partial charge on any atom is 0.280 e. The van der Waals surface area contributed by atoms with Crippen molar-refractivity contribution in [1.29, 1.82) is 0 Å². The standard InChI is InChI=1S/C14H19F2N3O2/c15-14(16)12-6-11(9-3-4-9)18-19(12)8-13(20)17-7-10-2-1-5-21-10/h6,9-10,14H,1-5,7-8H2,(H,17,20). The molecule has 21 heavy (non-hydrogen) atoms. The number of nitrogens with zero attached hydrogens (tertiary/aromatic N) is 2. The van der Waals surface area contributed by atoms with Gasteiger partial charge in [0, 0.05) is 19.1 Å². The van der Waals surface area contributed by atoms with Crippen LogP contribution in [0.4, 0.5) is 8.78 Å². The SMILES string of the molecule is O=C(Cn1nc(C2CC2)cc1C(F)F)NCC1CCCO1. The predicted molar refractivity (Wildman–Crippen MR) is 71.1 cm³/mol. The molecule has 0 aromatic carbocycles. The van der Waals surface area contributed by atoms with Crippen molar-refractivity contribution in [3.63, 3.8) is 0 Å². The molecule has 1 saturated heterocycles. The van der Waals surface area contributed by atoms with Crippen molar-refractivity contribution >= 4 is 5.91 Å². The van der Waals surface area contributed by atoms with E-state index in [4.69, 9.17) is 4.74 Å². The number of nitrogens with one attached hydrogen (secondary N) is 1. The van der Waals surface area contributed by atoms with Crippen molar-refractivity contribution in [2.24, 2.45) is 0 Å². The zero-order valence-electron chi connectivity index (χ0n) is 11.7. The molecule has 1 unspecified atom stereocenters. The van der Waals surface area contributed by atoms with Crippen LogP contribution in [-0.4, -0.2) is 34.9 Å². The summed E-state index contributed by atoms with van der Waals surface area (Å²) < 4.78 is 32.5. The quantitative estimate of drug-likeness (QED) is 0.874. The van der Waals surface area contributed by atoms with Crippen LogP contribution in [0.25, 0.3) is 0 Å². The van der Waals surface area contributed by atoms with Gasteiger partial charge >= 0.3 is 0 Å². The first-order valence-corrected chi connectivity index (χ1v) is 7.37. The number of carbonyl (C=O) groups excluding carboxylic acids is 1. The van der Waals surface area contributed by atoms with Crippen LogP contribution in [0.3, 0.4) is 0 Å². The molecule has 0 radical (unpaired) electrons. The zero-order chi connectivity index (χ0) is 14.8. The zero-order valence-corrected chi connectivity index (χ0v) is 11.7. The van der Waals surface area contributed by atoms with Crippen molar-refractivity contribution < 1.29 is 18.3 Å². The molecule has 2 fully saturated rings. The van der Waals surface area contributed by atoms with Crippen LogP contribution in [0.2, 0.25) is 0 Å². The summed E-state index contributed by atoms with van der Waals surface area (Å²) in [4.78, 5) is 11.9. The Morgan fingerprint density at radius 3 is 2.90 bits per heavy atom. The van der Waals surface area contributed by atoms with Crippen molar-refractivity contribution in [2.45, 2.75) is 50.7 Å². The van der Waals surface area contributed by atoms with Crippen molar-refractivity contribution in [1.82, 2.24) is 15.1 Å². The predicted octanol–water partition coefficient (Wildman–Crippen LogP) is 1.99. The normalized spacial score (nSPS) is 22.0. The Morgan fingerprint density at radius 1 is 1.48 bits per heavy atom. The lowest BCUT2D eigenvalue weighted by atomic mass is 10.2. The van der Waals surface area contributed by atoms with E-state index in [2.05, 4.69) is 10.4 Å². The molecule has 5 nitrogen and oxygen atoms in total. The fourth-order valence-electron chi connectivity index (χ4n) is 2.56. The summed E-state index contributed by atoms with van der Waals surface area (Å²) in [6.07, 6.45) is 1.34. The van der Waals surface area contributed by atoms with E-state index in [-0.39, 0.29) is 24.2 Å². The van der Waals surface area contributed by atoms with Crippen molar-refractivity contribution in [3.05, 3.63) is 17.5 Å². The number of carbonyl (C=O) groups is 1. The average Bonchev–Trinajstić information content (AvgIpc) is 3.00. The third-order valence-corrected chi connectivity index (χ3v) is 3.89. The molecule has 0 spiro atoms. The molecule has 116 valence electrons. The van der Waals surface area contributed by atoms with Crippen molar-refractivity contribution in [3.8, 4) is 0 Å². The number of aromatic nitrogens is 2. The molecule has 1 atom stereocenters. The van der Waals surface area contributed by atoms with Crippen LogP contribution >= 0.6 is 0 Å². The van der Waals surface area contributed by atoms with Gasteiger partial charge in [-0.05, 0) is 31.7 Å². The molecule has 3 rings (SSSR count). The average molecular weight is 299 g/mol. The number of hydrogen-bond acceptors (Lipinski definition) is 3. The second kappa shape index (κ2) is 6.09. The summed E-state index contributed by atoms with van der Waals surface area (Å²) in [5, 5.41) is 6.88. The first-order valence-electron chi connectivity index (χ1n) is 7.37. The molecular formula is C14H19F2N3O2. The van der Waals surface area contributed by atoms with Crippen LogP contribution < -0.4 is 5.32 Å². The smallest absolute Gasteiger partial charge is 0.280 e. The minimum absolute atomic E-state index is 0.0446. The Bertz CT molecular complexity index is 508. The number of hydrogen-bond donors (Lipinski definition) is 1. The molecule has 2 aliphatic rings. The van der Waals surface area contributed by atoms with Crippen LogP contribution in [0, 0.1) is 0 Å². The van der Waals surface area contributed by atoms with E-state index in [9.17, 15) is 13.6 Å². The molecule has 1 amide bonds. The molecule has 1 N–H and O–H groups in total.